The number of halogens is 1. The van der Waals surface area contributed by atoms with E-state index in [2.05, 4.69) is 5.32 Å². The normalized spacial score (nSPS) is 27.0. The summed E-state index contributed by atoms with van der Waals surface area (Å²) in [7, 11) is 1.47. The lowest BCUT2D eigenvalue weighted by Crippen LogP contribution is -2.37. The Bertz CT molecular complexity index is 462. The van der Waals surface area contributed by atoms with E-state index in [1.807, 2.05) is 0 Å². The molecule has 1 aliphatic heterocycles. The van der Waals surface area contributed by atoms with Gasteiger partial charge in [-0.25, -0.2) is 9.18 Å². The number of ether oxygens (including phenoxy) is 1. The molecule has 16 heavy (non-hydrogen) atoms. The molecule has 0 radical (unpaired) electrons. The van der Waals surface area contributed by atoms with Gasteiger partial charge in [0.15, 0.2) is 5.88 Å². The Kier molecular flexibility index (Phi) is 2.30. The summed E-state index contributed by atoms with van der Waals surface area (Å²) in [6, 6.07) is 0. The fourth-order valence-electron chi connectivity index (χ4n) is 1.62. The molecule has 0 bridgehead atoms. The monoisotopic (exact) mass is 223 g/mol. The summed E-state index contributed by atoms with van der Waals surface area (Å²) in [4.78, 5) is 10.9. The molecule has 1 unspecified atom stereocenters. The maximum absolute atomic E-state index is 14.2. The van der Waals surface area contributed by atoms with Crippen LogP contribution in [-0.4, -0.2) is 23.9 Å². The second-order valence-corrected chi connectivity index (χ2v) is 3.41. The van der Waals surface area contributed by atoms with E-state index < -0.39 is 11.6 Å². The molecule has 0 saturated carbocycles. The maximum atomic E-state index is 14.2. The molecule has 2 rings (SSSR count). The van der Waals surface area contributed by atoms with Crippen LogP contribution in [0.25, 0.3) is 0 Å². The average Bonchev–Trinajstić information content (AvgIpc) is 2.28. The van der Waals surface area contributed by atoms with Crippen LogP contribution in [-0.2, 0) is 9.53 Å². The van der Waals surface area contributed by atoms with Crippen LogP contribution >= 0.6 is 0 Å². The van der Waals surface area contributed by atoms with Crippen molar-refractivity contribution in [3.8, 4) is 0 Å². The smallest absolute Gasteiger partial charge is 0.350 e. The number of carboxylic acid groups (broad SMARTS) is 1. The molecule has 0 spiro atoms. The third-order valence-corrected chi connectivity index (χ3v) is 2.48. The topological polar surface area (TPSA) is 58.6 Å². The lowest BCUT2D eigenvalue weighted by molar-refractivity contribution is -0.145. The fraction of sp³-hybridized carbons (Fsp3) is 0.182. The van der Waals surface area contributed by atoms with Crippen LogP contribution in [0, 0.1) is 0 Å². The first kappa shape index (κ1) is 10.5. The van der Waals surface area contributed by atoms with E-state index in [-0.39, 0.29) is 5.57 Å². The second-order valence-electron chi connectivity index (χ2n) is 3.41. The zero-order chi connectivity index (χ0) is 11.8. The predicted octanol–water partition coefficient (Wildman–Crippen LogP) is 1.25. The van der Waals surface area contributed by atoms with Crippen molar-refractivity contribution < 1.29 is 19.0 Å². The van der Waals surface area contributed by atoms with Gasteiger partial charge in [0.25, 0.3) is 5.67 Å². The minimum absolute atomic E-state index is 0.0725. The van der Waals surface area contributed by atoms with Crippen LogP contribution in [0.4, 0.5) is 4.39 Å². The van der Waals surface area contributed by atoms with Gasteiger partial charge in [0.1, 0.15) is 0 Å². The molecule has 2 N–H and O–H groups in total. The van der Waals surface area contributed by atoms with Crippen LogP contribution in [0.1, 0.15) is 0 Å². The lowest BCUT2D eigenvalue weighted by Gasteiger charge is -2.27. The molecule has 0 aromatic rings. The summed E-state index contributed by atoms with van der Waals surface area (Å²) in [5.74, 6) is -1.09. The Labute approximate surface area is 91.4 Å². The predicted molar refractivity (Wildman–Crippen MR) is 55.0 cm³/mol. The summed E-state index contributed by atoms with van der Waals surface area (Å²) in [5.41, 5.74) is -1.92. The first-order valence-corrected chi connectivity index (χ1v) is 4.63. The number of allylic oxidation sites excluding steroid dienone is 4. The van der Waals surface area contributed by atoms with Gasteiger partial charge in [0.05, 0.1) is 7.11 Å². The minimum atomic E-state index is -2.48. The number of aliphatic carboxylic acids is 1. The summed E-state index contributed by atoms with van der Waals surface area (Å²) in [6.45, 7) is 0. The van der Waals surface area contributed by atoms with Crippen molar-refractivity contribution >= 4 is 5.97 Å². The molecule has 2 aliphatic rings. The Morgan fingerprint density at radius 3 is 3.00 bits per heavy atom. The average molecular weight is 223 g/mol. The van der Waals surface area contributed by atoms with E-state index in [9.17, 15) is 9.18 Å². The zero-order valence-electron chi connectivity index (χ0n) is 8.53. The van der Waals surface area contributed by atoms with Gasteiger partial charge in [0.2, 0.25) is 0 Å². The molecule has 0 amide bonds. The number of dihydropyridines is 1. The second kappa shape index (κ2) is 3.52. The van der Waals surface area contributed by atoms with Gasteiger partial charge in [-0.3, -0.25) is 0 Å². The SMILES string of the molecule is COC1=CC2=CC=CC(F)(C(=O)O)C2=CN1. The molecule has 0 saturated heterocycles. The Morgan fingerprint density at radius 1 is 1.62 bits per heavy atom. The van der Waals surface area contributed by atoms with Gasteiger partial charge in [-0.1, -0.05) is 12.2 Å². The maximum Gasteiger partial charge on any atom is 0.350 e. The molecular formula is C11H10FNO3. The Balaban J connectivity index is 2.44. The van der Waals surface area contributed by atoms with Crippen molar-refractivity contribution in [3.63, 3.8) is 0 Å². The van der Waals surface area contributed by atoms with Crippen LogP contribution in [0.5, 0.6) is 0 Å². The van der Waals surface area contributed by atoms with Crippen molar-refractivity contribution in [2.75, 3.05) is 7.11 Å². The molecule has 0 fully saturated rings. The van der Waals surface area contributed by atoms with Crippen molar-refractivity contribution in [1.82, 2.24) is 5.32 Å². The van der Waals surface area contributed by atoms with Gasteiger partial charge in [-0.2, -0.15) is 0 Å². The molecular weight excluding hydrogens is 213 g/mol. The first-order chi connectivity index (χ1) is 7.58. The highest BCUT2D eigenvalue weighted by Gasteiger charge is 2.43. The highest BCUT2D eigenvalue weighted by Crippen LogP contribution is 2.35. The van der Waals surface area contributed by atoms with E-state index in [1.165, 1.54) is 19.4 Å². The number of nitrogens with one attached hydrogen (secondary N) is 1. The van der Waals surface area contributed by atoms with Crippen molar-refractivity contribution in [1.29, 1.82) is 0 Å². The summed E-state index contributed by atoms with van der Waals surface area (Å²) in [6.07, 6.45) is 6.89. The number of methoxy groups -OCH3 is 1. The van der Waals surface area contributed by atoms with Gasteiger partial charge in [-0.05, 0) is 11.6 Å². The Hall–Kier alpha value is -2.04. The number of alkyl halides is 1. The third kappa shape index (κ3) is 1.41. The van der Waals surface area contributed by atoms with E-state index >= 15 is 0 Å². The number of hydrogen-bond donors (Lipinski definition) is 2. The van der Waals surface area contributed by atoms with Crippen molar-refractivity contribution in [3.05, 3.63) is 47.5 Å². The summed E-state index contributed by atoms with van der Waals surface area (Å²) >= 11 is 0. The molecule has 4 nitrogen and oxygen atoms in total. The van der Waals surface area contributed by atoms with Crippen LogP contribution in [0.3, 0.4) is 0 Å². The number of hydrogen-bond acceptors (Lipinski definition) is 3. The van der Waals surface area contributed by atoms with Gasteiger partial charge < -0.3 is 15.2 Å². The molecule has 1 heterocycles. The van der Waals surface area contributed by atoms with Crippen molar-refractivity contribution in [2.24, 2.45) is 0 Å². The third-order valence-electron chi connectivity index (χ3n) is 2.48. The van der Waals surface area contributed by atoms with Gasteiger partial charge in [-0.15, -0.1) is 0 Å². The number of fused-ring (bicyclic) bond motifs is 1. The molecule has 1 aliphatic carbocycles. The van der Waals surface area contributed by atoms with Gasteiger partial charge in [0, 0.05) is 17.8 Å². The van der Waals surface area contributed by atoms with Crippen molar-refractivity contribution in [2.45, 2.75) is 5.67 Å². The van der Waals surface area contributed by atoms with E-state index in [1.54, 1.807) is 12.2 Å². The van der Waals surface area contributed by atoms with Gasteiger partial charge >= 0.3 is 5.97 Å². The fourth-order valence-corrected chi connectivity index (χ4v) is 1.62. The molecule has 84 valence electrons. The Morgan fingerprint density at radius 2 is 2.38 bits per heavy atom. The van der Waals surface area contributed by atoms with Crippen LogP contribution < -0.4 is 5.32 Å². The summed E-state index contributed by atoms with van der Waals surface area (Å²) in [5, 5.41) is 11.6. The highest BCUT2D eigenvalue weighted by atomic mass is 19.1. The summed E-state index contributed by atoms with van der Waals surface area (Å²) < 4.78 is 19.1. The zero-order valence-corrected chi connectivity index (χ0v) is 8.53. The number of carbonyl (C=O) groups is 1. The van der Waals surface area contributed by atoms with E-state index in [0.717, 1.165) is 6.08 Å². The minimum Gasteiger partial charge on any atom is -0.482 e. The van der Waals surface area contributed by atoms with Crippen LogP contribution in [0.15, 0.2) is 47.5 Å². The molecule has 0 aromatic heterocycles. The highest BCUT2D eigenvalue weighted by molar-refractivity contribution is 5.87. The quantitative estimate of drug-likeness (QED) is 0.739. The van der Waals surface area contributed by atoms with E-state index in [0.29, 0.717) is 11.5 Å². The van der Waals surface area contributed by atoms with Crippen LogP contribution in [0.2, 0.25) is 0 Å². The number of carboxylic acids is 1. The largest absolute Gasteiger partial charge is 0.482 e. The molecule has 1 atom stereocenters. The molecule has 5 heteroatoms. The number of rotatable bonds is 2. The standard InChI is InChI=1S/C11H10FNO3/c1-16-9-5-7-3-2-4-11(12,10(14)15)8(7)6-13-9/h2-6,13H,1H3,(H,14,15). The van der Waals surface area contributed by atoms with E-state index in [4.69, 9.17) is 9.84 Å². The first-order valence-electron chi connectivity index (χ1n) is 4.63. The molecule has 0 aromatic carbocycles. The lowest BCUT2D eigenvalue weighted by atomic mass is 9.85.